The molecule has 3 rings (SSSR count). The third-order valence-electron chi connectivity index (χ3n) is 3.78. The molecule has 2 heterocycles. The molecule has 2 N–H and O–H groups in total. The van der Waals surface area contributed by atoms with Crippen molar-refractivity contribution < 1.29 is 0 Å². The Kier molecular flexibility index (Phi) is 4.08. The largest absolute Gasteiger partial charge is 0.370 e. The molecule has 2 aromatic rings. The lowest BCUT2D eigenvalue weighted by Crippen LogP contribution is -2.36. The summed E-state index contributed by atoms with van der Waals surface area (Å²) in [5, 5.41) is 11.4. The summed E-state index contributed by atoms with van der Waals surface area (Å²) in [5.41, 5.74) is 1.31. The summed E-state index contributed by atoms with van der Waals surface area (Å²) in [6, 6.07) is 10.8. The summed E-state index contributed by atoms with van der Waals surface area (Å²) < 4.78 is 3.17. The zero-order chi connectivity index (χ0) is 13.9. The third-order valence-corrected chi connectivity index (χ3v) is 4.27. The zero-order valence-corrected chi connectivity index (χ0v) is 13.1. The molecule has 1 aromatic carbocycles. The number of nitrogens with one attached hydrogen (secondary N) is 2. The van der Waals surface area contributed by atoms with Gasteiger partial charge in [0.1, 0.15) is 5.82 Å². The first-order chi connectivity index (χ1) is 9.72. The van der Waals surface area contributed by atoms with Crippen molar-refractivity contribution in [1.82, 2.24) is 15.1 Å². The number of aromatic nitrogens is 2. The SMILES string of the molecule is C[C@H](NC[C@@H]1CNc2ccnn2C1)c1cccc(Br)c1. The molecule has 1 aliphatic heterocycles. The number of rotatable bonds is 4. The van der Waals surface area contributed by atoms with Crippen LogP contribution in [0.25, 0.3) is 0 Å². The zero-order valence-electron chi connectivity index (χ0n) is 11.5. The molecule has 2 atom stereocenters. The average molecular weight is 335 g/mol. The molecule has 0 spiro atoms. The van der Waals surface area contributed by atoms with E-state index in [1.807, 2.05) is 16.9 Å². The number of nitrogens with zero attached hydrogens (tertiary/aromatic N) is 2. The Labute approximate surface area is 127 Å². The van der Waals surface area contributed by atoms with Crippen molar-refractivity contribution in [2.75, 3.05) is 18.4 Å². The number of benzene rings is 1. The molecule has 0 aliphatic carbocycles. The molecule has 0 amide bonds. The lowest BCUT2D eigenvalue weighted by atomic mass is 10.1. The van der Waals surface area contributed by atoms with Crippen LogP contribution in [0.1, 0.15) is 18.5 Å². The maximum absolute atomic E-state index is 4.32. The van der Waals surface area contributed by atoms with Crippen molar-refractivity contribution in [3.8, 4) is 0 Å². The highest BCUT2D eigenvalue weighted by Gasteiger charge is 2.18. The van der Waals surface area contributed by atoms with Crippen LogP contribution in [0.5, 0.6) is 0 Å². The smallest absolute Gasteiger partial charge is 0.124 e. The number of fused-ring (bicyclic) bond motifs is 1. The maximum Gasteiger partial charge on any atom is 0.124 e. The number of halogens is 1. The fourth-order valence-electron chi connectivity index (χ4n) is 2.56. The van der Waals surface area contributed by atoms with Gasteiger partial charge in [0.25, 0.3) is 0 Å². The molecule has 0 bridgehead atoms. The third kappa shape index (κ3) is 3.04. The van der Waals surface area contributed by atoms with Gasteiger partial charge in [-0.05, 0) is 24.6 Å². The minimum atomic E-state index is 0.353. The van der Waals surface area contributed by atoms with Gasteiger partial charge in [0.2, 0.25) is 0 Å². The quantitative estimate of drug-likeness (QED) is 0.902. The molecule has 0 saturated carbocycles. The van der Waals surface area contributed by atoms with E-state index in [1.165, 1.54) is 5.56 Å². The Morgan fingerprint density at radius 3 is 3.25 bits per heavy atom. The van der Waals surface area contributed by atoms with Crippen LogP contribution in [0.2, 0.25) is 0 Å². The number of anilines is 1. The molecule has 1 aromatic heterocycles. The first-order valence-corrected chi connectivity index (χ1v) is 7.76. The van der Waals surface area contributed by atoms with Gasteiger partial charge in [0.15, 0.2) is 0 Å². The van der Waals surface area contributed by atoms with Crippen molar-refractivity contribution >= 4 is 21.7 Å². The van der Waals surface area contributed by atoms with Crippen molar-refractivity contribution in [2.24, 2.45) is 5.92 Å². The molecule has 0 saturated heterocycles. The van der Waals surface area contributed by atoms with Crippen molar-refractivity contribution in [1.29, 1.82) is 0 Å². The first-order valence-electron chi connectivity index (χ1n) is 6.97. The second-order valence-electron chi connectivity index (χ2n) is 5.33. The van der Waals surface area contributed by atoms with E-state index >= 15 is 0 Å². The number of hydrogen-bond donors (Lipinski definition) is 2. The van der Waals surface area contributed by atoms with Crippen LogP contribution >= 0.6 is 15.9 Å². The normalized spacial score (nSPS) is 19.2. The molecule has 1 aliphatic rings. The minimum Gasteiger partial charge on any atom is -0.370 e. The summed E-state index contributed by atoms with van der Waals surface area (Å²) >= 11 is 3.52. The molecule has 106 valence electrons. The van der Waals surface area contributed by atoms with Gasteiger partial charge in [-0.15, -0.1) is 0 Å². The lowest BCUT2D eigenvalue weighted by Gasteiger charge is -2.26. The van der Waals surface area contributed by atoms with Crippen LogP contribution in [-0.4, -0.2) is 22.9 Å². The van der Waals surface area contributed by atoms with E-state index in [0.29, 0.717) is 12.0 Å². The van der Waals surface area contributed by atoms with Gasteiger partial charge in [-0.3, -0.25) is 0 Å². The van der Waals surface area contributed by atoms with Crippen LogP contribution < -0.4 is 10.6 Å². The van der Waals surface area contributed by atoms with E-state index < -0.39 is 0 Å². The summed E-state index contributed by atoms with van der Waals surface area (Å²) in [5.74, 6) is 1.69. The fourth-order valence-corrected chi connectivity index (χ4v) is 2.98. The van der Waals surface area contributed by atoms with Crippen LogP contribution in [0.15, 0.2) is 41.0 Å². The monoisotopic (exact) mass is 334 g/mol. The van der Waals surface area contributed by atoms with Gasteiger partial charge in [0, 0.05) is 42.1 Å². The highest BCUT2D eigenvalue weighted by molar-refractivity contribution is 9.10. The fraction of sp³-hybridized carbons (Fsp3) is 0.400. The van der Waals surface area contributed by atoms with Crippen molar-refractivity contribution in [3.05, 3.63) is 46.6 Å². The molecule has 0 unspecified atom stereocenters. The van der Waals surface area contributed by atoms with Crippen molar-refractivity contribution in [2.45, 2.75) is 19.5 Å². The lowest BCUT2D eigenvalue weighted by molar-refractivity contribution is 0.376. The van der Waals surface area contributed by atoms with Crippen LogP contribution in [0, 0.1) is 5.92 Å². The van der Waals surface area contributed by atoms with Crippen molar-refractivity contribution in [3.63, 3.8) is 0 Å². The Hall–Kier alpha value is -1.33. The molecule has 20 heavy (non-hydrogen) atoms. The van der Waals surface area contributed by atoms with E-state index in [4.69, 9.17) is 0 Å². The van der Waals surface area contributed by atoms with E-state index in [9.17, 15) is 0 Å². The molecule has 0 radical (unpaired) electrons. The van der Waals surface area contributed by atoms with E-state index in [1.54, 1.807) is 0 Å². The maximum atomic E-state index is 4.32. The molecule has 5 heteroatoms. The number of hydrogen-bond acceptors (Lipinski definition) is 3. The van der Waals surface area contributed by atoms with Gasteiger partial charge < -0.3 is 10.6 Å². The predicted molar refractivity (Wildman–Crippen MR) is 84.8 cm³/mol. The van der Waals surface area contributed by atoms with Crippen LogP contribution in [-0.2, 0) is 6.54 Å². The van der Waals surface area contributed by atoms with E-state index in [-0.39, 0.29) is 0 Å². The second kappa shape index (κ2) is 5.97. The Morgan fingerprint density at radius 2 is 2.40 bits per heavy atom. The molecular formula is C15H19BrN4. The highest BCUT2D eigenvalue weighted by Crippen LogP contribution is 2.19. The summed E-state index contributed by atoms with van der Waals surface area (Å²) in [4.78, 5) is 0. The van der Waals surface area contributed by atoms with Gasteiger partial charge in [0.05, 0.1) is 6.20 Å². The summed E-state index contributed by atoms with van der Waals surface area (Å²) in [6.07, 6.45) is 1.85. The van der Waals surface area contributed by atoms with E-state index in [2.05, 4.69) is 62.9 Å². The van der Waals surface area contributed by atoms with Gasteiger partial charge in [-0.1, -0.05) is 28.1 Å². The highest BCUT2D eigenvalue weighted by atomic mass is 79.9. The molecular weight excluding hydrogens is 316 g/mol. The van der Waals surface area contributed by atoms with Gasteiger partial charge in [-0.25, -0.2) is 4.68 Å². The summed E-state index contributed by atoms with van der Waals surface area (Å²) in [7, 11) is 0. The Morgan fingerprint density at radius 1 is 1.50 bits per heavy atom. The average Bonchev–Trinajstić information content (AvgIpc) is 2.92. The van der Waals surface area contributed by atoms with Gasteiger partial charge >= 0.3 is 0 Å². The van der Waals surface area contributed by atoms with Crippen LogP contribution in [0.4, 0.5) is 5.82 Å². The summed E-state index contributed by atoms with van der Waals surface area (Å²) in [6.45, 7) is 5.18. The minimum absolute atomic E-state index is 0.353. The predicted octanol–water partition coefficient (Wildman–Crippen LogP) is 3.04. The second-order valence-corrected chi connectivity index (χ2v) is 6.25. The van der Waals surface area contributed by atoms with E-state index in [0.717, 1.165) is 29.9 Å². The Bertz CT molecular complexity index is 581. The standard InChI is InChI=1S/C15H19BrN4/c1-11(13-3-2-4-14(16)7-13)17-8-12-9-18-15-5-6-19-20(15)10-12/h2-7,11-12,17-18H,8-10H2,1H3/t11-,12+/m0/s1. The topological polar surface area (TPSA) is 41.9 Å². The Balaban J connectivity index is 1.55. The molecule has 0 fully saturated rings. The van der Waals surface area contributed by atoms with Crippen LogP contribution in [0.3, 0.4) is 0 Å². The first kappa shape index (κ1) is 13.6. The molecule has 4 nitrogen and oxygen atoms in total. The van der Waals surface area contributed by atoms with Gasteiger partial charge in [-0.2, -0.15) is 5.10 Å².